The van der Waals surface area contributed by atoms with Crippen LogP contribution in [0.15, 0.2) is 24.3 Å². The Balaban J connectivity index is 0.000000360. The number of aliphatic hydroxyl groups excluding tert-OH is 1. The van der Waals surface area contributed by atoms with Gasteiger partial charge in [-0.1, -0.05) is 103 Å². The molecule has 0 aromatic heterocycles. The third kappa shape index (κ3) is 22.3. The molecular weight excluding hydrogens is 861 g/mol. The molecular formula is C57H98O11. The summed E-state index contributed by atoms with van der Waals surface area (Å²) >= 11 is 0. The van der Waals surface area contributed by atoms with E-state index in [0.29, 0.717) is 76.2 Å². The fourth-order valence-electron chi connectivity index (χ4n) is 11.1. The fraction of sp³-hybridized carbons (Fsp3) is 0.860. The van der Waals surface area contributed by atoms with E-state index in [9.17, 15) is 24.3 Å². The minimum Gasteiger partial charge on any atom is -0.463 e. The third-order valence-electron chi connectivity index (χ3n) is 14.8. The van der Waals surface area contributed by atoms with Crippen molar-refractivity contribution < 1.29 is 52.7 Å². The SMILES string of the molecule is CCCCCCCC1(CC[C@H]2[C@H](CC)CC(=O)[C@@H]2CC=CCCCC(=O)OC(C)C)OCCO1.CCCCCCCC1(CC[C@H]2[C@H](CO)CC(=O)[C@@H]2CC=CCCCC(=O)OC(C)C)OCCO1. The molecule has 2 saturated heterocycles. The van der Waals surface area contributed by atoms with Crippen LogP contribution in [0, 0.1) is 35.5 Å². The van der Waals surface area contributed by atoms with Gasteiger partial charge in [0.05, 0.1) is 38.6 Å². The van der Waals surface area contributed by atoms with E-state index >= 15 is 0 Å². The van der Waals surface area contributed by atoms with Crippen LogP contribution in [0.4, 0.5) is 0 Å². The second-order valence-corrected chi connectivity index (χ2v) is 20.9. The van der Waals surface area contributed by atoms with E-state index in [1.165, 1.54) is 51.4 Å². The van der Waals surface area contributed by atoms with Gasteiger partial charge in [0, 0.05) is 69.8 Å². The van der Waals surface area contributed by atoms with Gasteiger partial charge in [0.25, 0.3) is 0 Å². The molecule has 2 aliphatic heterocycles. The average Bonchev–Trinajstić information content (AvgIpc) is 4.10. The highest BCUT2D eigenvalue weighted by molar-refractivity contribution is 5.84. The lowest BCUT2D eigenvalue weighted by Crippen LogP contribution is -2.32. The van der Waals surface area contributed by atoms with Crippen molar-refractivity contribution in [3.8, 4) is 0 Å². The van der Waals surface area contributed by atoms with E-state index in [2.05, 4.69) is 45.1 Å². The molecule has 2 saturated carbocycles. The molecule has 1 N–H and O–H groups in total. The number of ether oxygens (including phenoxy) is 6. The first kappa shape index (κ1) is 59.9. The number of allylic oxidation sites excluding steroid dienone is 4. The number of carbonyl (C=O) groups is 4. The molecule has 11 nitrogen and oxygen atoms in total. The van der Waals surface area contributed by atoms with Crippen LogP contribution in [-0.4, -0.2) is 85.4 Å². The van der Waals surface area contributed by atoms with Crippen LogP contribution in [-0.2, 0) is 47.6 Å². The second kappa shape index (κ2) is 34.0. The van der Waals surface area contributed by atoms with Crippen molar-refractivity contribution in [2.24, 2.45) is 35.5 Å². The predicted octanol–water partition coefficient (Wildman–Crippen LogP) is 12.9. The first-order valence-corrected chi connectivity index (χ1v) is 27.7. The van der Waals surface area contributed by atoms with Crippen molar-refractivity contribution in [3.05, 3.63) is 24.3 Å². The van der Waals surface area contributed by atoms with Gasteiger partial charge >= 0.3 is 11.9 Å². The van der Waals surface area contributed by atoms with Crippen molar-refractivity contribution in [1.29, 1.82) is 0 Å². The van der Waals surface area contributed by atoms with E-state index < -0.39 is 11.6 Å². The normalized spacial score (nSPS) is 24.5. The van der Waals surface area contributed by atoms with E-state index in [4.69, 9.17) is 28.4 Å². The number of hydrogen-bond donors (Lipinski definition) is 1. The van der Waals surface area contributed by atoms with Crippen molar-refractivity contribution in [2.75, 3.05) is 33.0 Å². The Morgan fingerprint density at radius 3 is 1.35 bits per heavy atom. The minimum atomic E-state index is -0.511. The molecule has 68 heavy (non-hydrogen) atoms. The number of carbonyl (C=O) groups excluding carboxylic acids is 4. The summed E-state index contributed by atoms with van der Waals surface area (Å²) in [5, 5.41) is 9.93. The average molecular weight is 959 g/mol. The first-order valence-electron chi connectivity index (χ1n) is 27.7. The Morgan fingerprint density at radius 1 is 0.574 bits per heavy atom. The van der Waals surface area contributed by atoms with Crippen molar-refractivity contribution in [2.45, 2.75) is 246 Å². The zero-order valence-corrected chi connectivity index (χ0v) is 44.1. The molecule has 0 spiro atoms. The van der Waals surface area contributed by atoms with Crippen molar-refractivity contribution in [3.63, 3.8) is 0 Å². The summed E-state index contributed by atoms with van der Waals surface area (Å²) in [6.07, 6.45) is 33.8. The number of unbranched alkanes of at least 4 members (excludes halogenated alkanes) is 10. The van der Waals surface area contributed by atoms with E-state index in [1.54, 1.807) is 0 Å². The first-order chi connectivity index (χ1) is 32.8. The maximum Gasteiger partial charge on any atom is 0.306 e. The molecule has 4 rings (SSSR count). The van der Waals surface area contributed by atoms with Gasteiger partial charge in [-0.2, -0.15) is 0 Å². The highest BCUT2D eigenvalue weighted by atomic mass is 16.7. The maximum absolute atomic E-state index is 12.9. The topological polar surface area (TPSA) is 144 Å². The number of esters is 2. The summed E-state index contributed by atoms with van der Waals surface area (Å²) in [7, 11) is 0. The highest BCUT2D eigenvalue weighted by Crippen LogP contribution is 2.45. The molecule has 0 amide bonds. The number of hydrogen-bond acceptors (Lipinski definition) is 11. The van der Waals surface area contributed by atoms with Gasteiger partial charge in [-0.15, -0.1) is 0 Å². The molecule has 0 unspecified atom stereocenters. The molecule has 0 radical (unpaired) electrons. The zero-order valence-electron chi connectivity index (χ0n) is 44.1. The lowest BCUT2D eigenvalue weighted by atomic mass is 9.81. The molecule has 11 heteroatoms. The van der Waals surface area contributed by atoms with Gasteiger partial charge in [0.2, 0.25) is 0 Å². The lowest BCUT2D eigenvalue weighted by Gasteiger charge is -2.31. The van der Waals surface area contributed by atoms with Crippen molar-refractivity contribution in [1.82, 2.24) is 0 Å². The summed E-state index contributed by atoms with van der Waals surface area (Å²) in [4.78, 5) is 48.9. The predicted molar refractivity (Wildman–Crippen MR) is 270 cm³/mol. The molecule has 2 heterocycles. The van der Waals surface area contributed by atoms with Crippen LogP contribution in [0.3, 0.4) is 0 Å². The van der Waals surface area contributed by atoms with E-state index in [-0.39, 0.29) is 60.2 Å². The maximum atomic E-state index is 12.9. The largest absolute Gasteiger partial charge is 0.463 e. The van der Waals surface area contributed by atoms with Gasteiger partial charge in [0.15, 0.2) is 11.6 Å². The summed E-state index contributed by atoms with van der Waals surface area (Å²) in [5.41, 5.74) is 0. The number of ketones is 2. The Morgan fingerprint density at radius 2 is 0.971 bits per heavy atom. The minimum absolute atomic E-state index is 0.0275. The summed E-state index contributed by atoms with van der Waals surface area (Å²) < 4.78 is 34.8. The Kier molecular flexibility index (Phi) is 30.0. The highest BCUT2D eigenvalue weighted by Gasteiger charge is 2.45. The van der Waals surface area contributed by atoms with Crippen LogP contribution >= 0.6 is 0 Å². The quantitative estimate of drug-likeness (QED) is 0.0374. The number of Topliss-reactive ketones (excluding diaryl/α,β-unsaturated/α-hetero) is 2. The summed E-state index contributed by atoms with van der Waals surface area (Å²) in [6.45, 7) is 16.8. The fourth-order valence-corrected chi connectivity index (χ4v) is 11.1. The van der Waals surface area contributed by atoms with Crippen LogP contribution in [0.1, 0.15) is 222 Å². The number of aliphatic hydroxyl groups is 1. The smallest absolute Gasteiger partial charge is 0.306 e. The van der Waals surface area contributed by atoms with E-state index in [1.807, 2.05) is 27.7 Å². The van der Waals surface area contributed by atoms with E-state index in [0.717, 1.165) is 89.9 Å². The molecule has 392 valence electrons. The molecule has 6 atom stereocenters. The molecule has 2 aliphatic carbocycles. The van der Waals surface area contributed by atoms with Crippen LogP contribution < -0.4 is 0 Å². The lowest BCUT2D eigenvalue weighted by molar-refractivity contribution is -0.171. The zero-order chi connectivity index (χ0) is 49.6. The number of rotatable bonds is 34. The standard InChI is InChI=1S/C29H50O5.C28H48O6/c1-5-7-8-11-14-18-29(32-20-21-33-29)19-17-25-24(6-2)22-27(30)26(25)15-12-9-10-13-16-28(31)34-23(3)4;1-4-5-6-9-12-16-28(32-18-19-33-28)17-15-24-23(21-29)20-26(30)25(24)13-10-7-8-11-14-27(31)34-22(2)3/h9,12,23-26H,5-8,10-11,13-22H2,1-4H3;7,10,22-25,29H,4-6,8-9,11-21H2,1-3H3/t24-,25+,26-;23-,24-,25+/m10/s1. The van der Waals surface area contributed by atoms with Crippen LogP contribution in [0.2, 0.25) is 0 Å². The molecule has 4 fully saturated rings. The molecule has 0 bridgehead atoms. The second-order valence-electron chi connectivity index (χ2n) is 20.9. The van der Waals surface area contributed by atoms with Gasteiger partial charge < -0.3 is 33.5 Å². The molecule has 4 aliphatic rings. The Hall–Kier alpha value is -2.44. The molecule has 0 aromatic carbocycles. The van der Waals surface area contributed by atoms with Crippen molar-refractivity contribution >= 4 is 23.5 Å². The summed E-state index contributed by atoms with van der Waals surface area (Å²) in [5.74, 6) is 0.577. The van der Waals surface area contributed by atoms with Crippen LogP contribution in [0.25, 0.3) is 0 Å². The molecule has 0 aromatic rings. The third-order valence-corrected chi connectivity index (χ3v) is 14.8. The van der Waals surface area contributed by atoms with Crippen LogP contribution in [0.5, 0.6) is 0 Å². The van der Waals surface area contributed by atoms with Gasteiger partial charge in [0.1, 0.15) is 11.6 Å². The van der Waals surface area contributed by atoms with Gasteiger partial charge in [-0.25, -0.2) is 0 Å². The van der Waals surface area contributed by atoms with Gasteiger partial charge in [-0.3, -0.25) is 19.2 Å². The summed E-state index contributed by atoms with van der Waals surface area (Å²) in [6, 6.07) is 0. The Bertz CT molecular complexity index is 1350. The Labute approximate surface area is 413 Å². The monoisotopic (exact) mass is 959 g/mol. The van der Waals surface area contributed by atoms with Gasteiger partial charge in [-0.05, 0) is 116 Å².